The van der Waals surface area contributed by atoms with Crippen LogP contribution in [0.25, 0.3) is 0 Å². The highest BCUT2D eigenvalue weighted by molar-refractivity contribution is 7.92. The van der Waals surface area contributed by atoms with E-state index >= 15 is 0 Å². The summed E-state index contributed by atoms with van der Waals surface area (Å²) in [6, 6.07) is 13.3. The SMILES string of the molecule is Cc1ccc(NS(=O)(=O)c2ccc(OC[C@@]3(C)Cn4cc([N+](=O)[O-])nc4O3)cc2)cc1. The van der Waals surface area contributed by atoms with Gasteiger partial charge in [-0.05, 0) is 55.2 Å². The lowest BCUT2D eigenvalue weighted by molar-refractivity contribution is -0.389. The van der Waals surface area contributed by atoms with Crippen molar-refractivity contribution in [3.05, 3.63) is 70.4 Å². The zero-order valence-corrected chi connectivity index (χ0v) is 17.6. The van der Waals surface area contributed by atoms with E-state index in [1.807, 2.05) is 19.1 Å². The monoisotopic (exact) mass is 444 g/mol. The number of rotatable bonds is 7. The first-order valence-corrected chi connectivity index (χ1v) is 10.8. The van der Waals surface area contributed by atoms with Crippen LogP contribution in [0.3, 0.4) is 0 Å². The van der Waals surface area contributed by atoms with Gasteiger partial charge in [-0.1, -0.05) is 17.7 Å². The first-order chi connectivity index (χ1) is 14.6. The van der Waals surface area contributed by atoms with Crippen molar-refractivity contribution in [2.45, 2.75) is 30.9 Å². The lowest BCUT2D eigenvalue weighted by Crippen LogP contribution is -2.38. The number of aromatic nitrogens is 2. The molecule has 0 saturated heterocycles. The Balaban J connectivity index is 1.38. The second kappa shape index (κ2) is 7.58. The summed E-state index contributed by atoms with van der Waals surface area (Å²) in [4.78, 5) is 14.2. The molecule has 162 valence electrons. The van der Waals surface area contributed by atoms with Gasteiger partial charge in [0.2, 0.25) is 0 Å². The van der Waals surface area contributed by atoms with Crippen LogP contribution in [-0.4, -0.2) is 35.1 Å². The van der Waals surface area contributed by atoms with E-state index in [2.05, 4.69) is 9.71 Å². The molecule has 0 aliphatic carbocycles. The molecule has 0 amide bonds. The van der Waals surface area contributed by atoms with Crippen LogP contribution in [0.15, 0.2) is 59.6 Å². The average Bonchev–Trinajstić information content (AvgIpc) is 3.24. The molecule has 10 nitrogen and oxygen atoms in total. The van der Waals surface area contributed by atoms with Crippen molar-refractivity contribution in [2.75, 3.05) is 11.3 Å². The number of ether oxygens (including phenoxy) is 2. The van der Waals surface area contributed by atoms with Crippen LogP contribution < -0.4 is 14.2 Å². The van der Waals surface area contributed by atoms with Gasteiger partial charge in [-0.15, -0.1) is 0 Å². The minimum atomic E-state index is -3.72. The number of nitro groups is 1. The van der Waals surface area contributed by atoms with Crippen molar-refractivity contribution in [2.24, 2.45) is 0 Å². The standard InChI is InChI=1S/C20H20N4O6S/c1-14-3-5-15(6-4-14)22-31(27,28)17-9-7-16(8-10-17)29-13-20(2)12-23-11-18(24(25)26)21-19(23)30-20/h3-11,22H,12-13H2,1-2H3/t20-/m1/s1. The Morgan fingerprint density at radius 3 is 2.52 bits per heavy atom. The Kier molecular flexibility index (Phi) is 5.05. The molecule has 31 heavy (non-hydrogen) atoms. The van der Waals surface area contributed by atoms with Gasteiger partial charge < -0.3 is 19.6 Å². The normalized spacial score (nSPS) is 17.6. The Bertz CT molecular complexity index is 1200. The summed E-state index contributed by atoms with van der Waals surface area (Å²) < 4.78 is 40.7. The lowest BCUT2D eigenvalue weighted by Gasteiger charge is -2.22. The van der Waals surface area contributed by atoms with Crippen molar-refractivity contribution < 1.29 is 22.8 Å². The highest BCUT2D eigenvalue weighted by Gasteiger charge is 2.41. The topological polar surface area (TPSA) is 126 Å². The maximum absolute atomic E-state index is 12.6. The molecular formula is C20H20N4O6S. The van der Waals surface area contributed by atoms with Gasteiger partial charge in [0.15, 0.2) is 5.60 Å². The van der Waals surface area contributed by atoms with Crippen LogP contribution in [0.1, 0.15) is 12.5 Å². The van der Waals surface area contributed by atoms with Crippen LogP contribution in [0, 0.1) is 17.0 Å². The number of imidazole rings is 1. The van der Waals surface area contributed by atoms with Crippen LogP contribution >= 0.6 is 0 Å². The molecule has 0 radical (unpaired) electrons. The predicted molar refractivity (Wildman–Crippen MR) is 112 cm³/mol. The van der Waals surface area contributed by atoms with Gasteiger partial charge in [0.05, 0.1) is 11.4 Å². The van der Waals surface area contributed by atoms with Gasteiger partial charge in [0, 0.05) is 10.7 Å². The third-order valence-electron chi connectivity index (χ3n) is 4.74. The van der Waals surface area contributed by atoms with Crippen molar-refractivity contribution >= 4 is 21.5 Å². The largest absolute Gasteiger partial charge is 0.489 e. The quantitative estimate of drug-likeness (QED) is 0.438. The Morgan fingerprint density at radius 1 is 1.23 bits per heavy atom. The first-order valence-electron chi connectivity index (χ1n) is 9.37. The summed E-state index contributed by atoms with van der Waals surface area (Å²) in [6.45, 7) is 4.22. The first kappa shape index (κ1) is 20.7. The van der Waals surface area contributed by atoms with Gasteiger partial charge in [-0.25, -0.2) is 8.42 Å². The smallest absolute Gasteiger partial charge is 0.415 e. The van der Waals surface area contributed by atoms with Crippen molar-refractivity contribution in [1.29, 1.82) is 0 Å². The molecule has 3 aromatic rings. The summed E-state index contributed by atoms with van der Waals surface area (Å²) in [6.07, 6.45) is 1.32. The third-order valence-corrected chi connectivity index (χ3v) is 6.14. The number of fused-ring (bicyclic) bond motifs is 1. The third kappa shape index (κ3) is 4.45. The Morgan fingerprint density at radius 2 is 1.90 bits per heavy atom. The summed E-state index contributed by atoms with van der Waals surface area (Å²) in [5, 5.41) is 10.8. The van der Waals surface area contributed by atoms with E-state index in [-0.39, 0.29) is 23.3 Å². The molecule has 1 N–H and O–H groups in total. The highest BCUT2D eigenvalue weighted by Crippen LogP contribution is 2.31. The van der Waals surface area contributed by atoms with E-state index in [0.717, 1.165) is 5.56 Å². The van der Waals surface area contributed by atoms with E-state index in [0.29, 0.717) is 18.0 Å². The molecule has 1 aromatic heterocycles. The lowest BCUT2D eigenvalue weighted by atomic mass is 10.1. The number of nitrogens with one attached hydrogen (secondary N) is 1. The fourth-order valence-electron chi connectivity index (χ4n) is 3.14. The minimum absolute atomic E-state index is 0.108. The summed E-state index contributed by atoms with van der Waals surface area (Å²) in [5.41, 5.74) is 0.760. The summed E-state index contributed by atoms with van der Waals surface area (Å²) in [5.74, 6) is 0.198. The molecule has 4 rings (SSSR count). The molecule has 1 aliphatic rings. The maximum Gasteiger partial charge on any atom is 0.415 e. The van der Waals surface area contributed by atoms with E-state index in [4.69, 9.17) is 9.47 Å². The molecule has 0 bridgehead atoms. The molecule has 1 aliphatic heterocycles. The number of hydrogen-bond donors (Lipinski definition) is 1. The molecule has 2 aromatic carbocycles. The molecule has 1 atom stereocenters. The summed E-state index contributed by atoms with van der Waals surface area (Å²) >= 11 is 0. The van der Waals surface area contributed by atoms with E-state index in [9.17, 15) is 18.5 Å². The molecule has 0 fully saturated rings. The number of nitrogens with zero attached hydrogens (tertiary/aromatic N) is 3. The van der Waals surface area contributed by atoms with Crippen molar-refractivity contribution in [1.82, 2.24) is 9.55 Å². The fourth-order valence-corrected chi connectivity index (χ4v) is 4.20. The fraction of sp³-hybridized carbons (Fsp3) is 0.250. The van der Waals surface area contributed by atoms with Crippen LogP contribution in [0.5, 0.6) is 11.8 Å². The molecule has 2 heterocycles. The molecule has 0 spiro atoms. The summed E-state index contributed by atoms with van der Waals surface area (Å²) in [7, 11) is -3.72. The van der Waals surface area contributed by atoms with Crippen LogP contribution in [0.2, 0.25) is 0 Å². The van der Waals surface area contributed by atoms with Gasteiger partial charge in [-0.3, -0.25) is 9.29 Å². The van der Waals surface area contributed by atoms with Gasteiger partial charge >= 0.3 is 11.8 Å². The maximum atomic E-state index is 12.6. The molecule has 11 heteroatoms. The Labute approximate surface area is 178 Å². The number of benzene rings is 2. The predicted octanol–water partition coefficient (Wildman–Crippen LogP) is 3.13. The van der Waals surface area contributed by atoms with Crippen molar-refractivity contribution in [3.63, 3.8) is 0 Å². The van der Waals surface area contributed by atoms with Crippen LogP contribution in [0.4, 0.5) is 11.5 Å². The number of hydrogen-bond acceptors (Lipinski definition) is 7. The minimum Gasteiger partial charge on any atom is -0.489 e. The second-order valence-electron chi connectivity index (χ2n) is 7.55. The zero-order valence-electron chi connectivity index (χ0n) is 16.8. The number of sulfonamides is 1. The number of aryl methyl sites for hydroxylation is 1. The van der Waals surface area contributed by atoms with E-state index in [1.165, 1.54) is 18.3 Å². The average molecular weight is 444 g/mol. The van der Waals surface area contributed by atoms with Gasteiger partial charge in [0.1, 0.15) is 18.6 Å². The Hall–Kier alpha value is -3.60. The second-order valence-corrected chi connectivity index (χ2v) is 9.23. The van der Waals surface area contributed by atoms with Gasteiger partial charge in [0.25, 0.3) is 10.0 Å². The highest BCUT2D eigenvalue weighted by atomic mass is 32.2. The van der Waals surface area contributed by atoms with Crippen LogP contribution in [-0.2, 0) is 16.6 Å². The van der Waals surface area contributed by atoms with E-state index in [1.54, 1.807) is 35.8 Å². The zero-order chi connectivity index (χ0) is 22.2. The van der Waals surface area contributed by atoms with E-state index < -0.39 is 20.5 Å². The van der Waals surface area contributed by atoms with Gasteiger partial charge in [-0.2, -0.15) is 0 Å². The number of anilines is 1. The molecule has 0 unspecified atom stereocenters. The molecule has 0 saturated carbocycles. The molecular weight excluding hydrogens is 424 g/mol. The van der Waals surface area contributed by atoms with Crippen molar-refractivity contribution in [3.8, 4) is 11.8 Å².